The van der Waals surface area contributed by atoms with Crippen LogP contribution in [0.2, 0.25) is 10.0 Å². The molecule has 7 aromatic carbocycles. The Kier molecular flexibility index (Phi) is 11.8. The van der Waals surface area contributed by atoms with Crippen LogP contribution < -0.4 is 0 Å². The standard InChI is InChI=1S/C66H74Cl2N2/c1-61(2,3)41-21-25-51(67)49(35-41)57-55-47-23-19-37(39-27-43(63(7,8)9)33-44(28-39)64(10,11)12)31-53(47)70-60(55)58(50-36-42(62(4,5)6)22-26-52(50)68)56-48-24-20-38(32-54(48)69-59(56)57)40-29-45(65(13,14)15)34-46(30-40)66(16,17)18/h19-36,69-70H,1-18H3. The number of H-pyrrole nitrogens is 2. The third-order valence-electron chi connectivity index (χ3n) is 14.8. The molecule has 0 saturated heterocycles. The summed E-state index contributed by atoms with van der Waals surface area (Å²) < 4.78 is 0. The van der Waals surface area contributed by atoms with Crippen LogP contribution in [0.15, 0.2) is 109 Å². The second kappa shape index (κ2) is 16.6. The first-order chi connectivity index (χ1) is 32.3. The van der Waals surface area contributed by atoms with Crippen LogP contribution in [-0.4, -0.2) is 9.97 Å². The van der Waals surface area contributed by atoms with Gasteiger partial charge in [0.1, 0.15) is 0 Å². The fourth-order valence-corrected chi connectivity index (χ4v) is 10.5. The second-order valence-electron chi connectivity index (χ2n) is 26.5. The Bertz CT molecular complexity index is 3250. The molecule has 0 spiro atoms. The molecule has 2 aromatic heterocycles. The monoisotopic (exact) mass is 965 g/mol. The van der Waals surface area contributed by atoms with Crippen molar-refractivity contribution in [2.45, 2.75) is 157 Å². The van der Waals surface area contributed by atoms with E-state index in [4.69, 9.17) is 23.2 Å². The fourth-order valence-electron chi connectivity index (χ4n) is 10.1. The average Bonchev–Trinajstić information content (AvgIpc) is 3.82. The molecule has 2 heterocycles. The highest BCUT2D eigenvalue weighted by atomic mass is 35.5. The zero-order valence-corrected chi connectivity index (χ0v) is 46.7. The highest BCUT2D eigenvalue weighted by Crippen LogP contribution is 2.52. The lowest BCUT2D eigenvalue weighted by atomic mass is 9.79. The molecule has 70 heavy (non-hydrogen) atoms. The van der Waals surface area contributed by atoms with Crippen LogP contribution in [0.25, 0.3) is 88.1 Å². The van der Waals surface area contributed by atoms with Crippen molar-refractivity contribution >= 4 is 66.8 Å². The molecular formula is C66H74Cl2N2. The van der Waals surface area contributed by atoms with Crippen LogP contribution in [-0.2, 0) is 32.5 Å². The second-order valence-corrected chi connectivity index (χ2v) is 27.3. The van der Waals surface area contributed by atoms with Crippen molar-refractivity contribution in [3.63, 3.8) is 0 Å². The molecule has 362 valence electrons. The van der Waals surface area contributed by atoms with Crippen molar-refractivity contribution in [3.8, 4) is 44.5 Å². The number of aromatic amines is 2. The summed E-state index contributed by atoms with van der Waals surface area (Å²) in [6.07, 6.45) is 0. The highest BCUT2D eigenvalue weighted by molar-refractivity contribution is 6.39. The smallest absolute Gasteiger partial charge is 0.0559 e. The van der Waals surface area contributed by atoms with Gasteiger partial charge < -0.3 is 9.97 Å². The van der Waals surface area contributed by atoms with E-state index in [0.717, 1.165) is 65.9 Å². The third kappa shape index (κ3) is 9.02. The van der Waals surface area contributed by atoms with E-state index in [2.05, 4.69) is 244 Å². The summed E-state index contributed by atoms with van der Waals surface area (Å²) in [6, 6.07) is 41.5. The van der Waals surface area contributed by atoms with Gasteiger partial charge in [-0.15, -0.1) is 0 Å². The molecule has 0 fully saturated rings. The van der Waals surface area contributed by atoms with E-state index in [1.54, 1.807) is 0 Å². The van der Waals surface area contributed by atoms with Gasteiger partial charge in [0.15, 0.2) is 0 Å². The van der Waals surface area contributed by atoms with Crippen molar-refractivity contribution in [1.29, 1.82) is 0 Å². The Balaban J connectivity index is 1.45. The van der Waals surface area contributed by atoms with Crippen molar-refractivity contribution in [2.75, 3.05) is 0 Å². The minimum Gasteiger partial charge on any atom is -0.354 e. The predicted octanol–water partition coefficient (Wildman–Crippen LogP) is 20.7. The molecule has 2 nitrogen and oxygen atoms in total. The topological polar surface area (TPSA) is 31.6 Å². The van der Waals surface area contributed by atoms with E-state index < -0.39 is 0 Å². The van der Waals surface area contributed by atoms with Gasteiger partial charge in [-0.3, -0.25) is 0 Å². The van der Waals surface area contributed by atoms with Crippen molar-refractivity contribution in [2.24, 2.45) is 0 Å². The van der Waals surface area contributed by atoms with E-state index in [0.29, 0.717) is 10.0 Å². The highest BCUT2D eigenvalue weighted by Gasteiger charge is 2.29. The van der Waals surface area contributed by atoms with Crippen molar-refractivity contribution in [1.82, 2.24) is 9.97 Å². The van der Waals surface area contributed by atoms with Crippen LogP contribution in [0.1, 0.15) is 158 Å². The van der Waals surface area contributed by atoms with Gasteiger partial charge in [-0.05, 0) is 125 Å². The molecular weight excluding hydrogens is 892 g/mol. The minimum atomic E-state index is -0.107. The van der Waals surface area contributed by atoms with Gasteiger partial charge in [0.2, 0.25) is 0 Å². The summed E-state index contributed by atoms with van der Waals surface area (Å²) in [5.41, 5.74) is 20.7. The number of rotatable bonds is 4. The van der Waals surface area contributed by atoms with Gasteiger partial charge in [-0.2, -0.15) is 0 Å². The first-order valence-corrected chi connectivity index (χ1v) is 26.1. The normalized spacial score (nSPS) is 13.4. The van der Waals surface area contributed by atoms with Gasteiger partial charge >= 0.3 is 0 Å². The van der Waals surface area contributed by atoms with E-state index >= 15 is 0 Å². The first-order valence-electron chi connectivity index (χ1n) is 25.3. The molecule has 0 aliphatic carbocycles. The lowest BCUT2D eigenvalue weighted by molar-refractivity contribution is 0.568. The lowest BCUT2D eigenvalue weighted by Crippen LogP contribution is -2.16. The van der Waals surface area contributed by atoms with Gasteiger partial charge in [0.05, 0.1) is 11.0 Å². The molecule has 0 bridgehead atoms. The SMILES string of the molecule is CC(C)(C)c1cc(-c2ccc3c(c2)[nH]c2c(-c4cc(C(C)(C)C)ccc4Cl)c4c([nH]c5cc(-c6cc(C(C)(C)C)cc(C(C)(C)C)c6)ccc54)c(-c4cc(C(C)(C)C)ccc4Cl)c23)cc(C(C)(C)C)c1. The number of benzene rings is 7. The Morgan fingerprint density at radius 3 is 0.886 bits per heavy atom. The maximum atomic E-state index is 7.52. The molecule has 0 amide bonds. The molecule has 2 N–H and O–H groups in total. The molecule has 0 radical (unpaired) electrons. The van der Waals surface area contributed by atoms with Gasteiger partial charge in [0.25, 0.3) is 0 Å². The van der Waals surface area contributed by atoms with Gasteiger partial charge in [-0.25, -0.2) is 0 Å². The summed E-state index contributed by atoms with van der Waals surface area (Å²) >= 11 is 15.0. The number of hydrogen-bond donors (Lipinski definition) is 2. The number of fused-ring (bicyclic) bond motifs is 6. The molecule has 9 rings (SSSR count). The zero-order valence-electron chi connectivity index (χ0n) is 45.1. The van der Waals surface area contributed by atoms with Crippen LogP contribution in [0.4, 0.5) is 0 Å². The quantitative estimate of drug-likeness (QED) is 0.176. The number of hydrogen-bond acceptors (Lipinski definition) is 0. The number of halogens is 2. The van der Waals surface area contributed by atoms with Crippen LogP contribution >= 0.6 is 23.2 Å². The van der Waals surface area contributed by atoms with Crippen LogP contribution in [0.5, 0.6) is 0 Å². The summed E-state index contributed by atoms with van der Waals surface area (Å²) in [7, 11) is 0. The lowest BCUT2D eigenvalue weighted by Gasteiger charge is -2.26. The summed E-state index contributed by atoms with van der Waals surface area (Å²) in [4.78, 5) is 8.23. The Hall–Kier alpha value is -5.28. The molecule has 0 aliphatic rings. The van der Waals surface area contributed by atoms with E-state index in [1.807, 2.05) is 0 Å². The zero-order chi connectivity index (χ0) is 51.0. The van der Waals surface area contributed by atoms with E-state index in [-0.39, 0.29) is 32.5 Å². The van der Waals surface area contributed by atoms with Crippen molar-refractivity contribution in [3.05, 3.63) is 153 Å². The predicted molar refractivity (Wildman–Crippen MR) is 309 cm³/mol. The Labute approximate surface area is 428 Å². The summed E-state index contributed by atoms with van der Waals surface area (Å²) in [5.74, 6) is 0. The first kappa shape index (κ1) is 49.7. The van der Waals surface area contributed by atoms with Crippen LogP contribution in [0.3, 0.4) is 0 Å². The maximum absolute atomic E-state index is 7.52. The minimum absolute atomic E-state index is 0.0107. The summed E-state index contributed by atoms with van der Waals surface area (Å²) in [5, 5.41) is 5.93. The molecule has 0 aliphatic heterocycles. The van der Waals surface area contributed by atoms with E-state index in [1.165, 1.54) is 55.6 Å². The molecule has 4 heteroatoms. The Morgan fingerprint density at radius 2 is 0.600 bits per heavy atom. The summed E-state index contributed by atoms with van der Waals surface area (Å²) in [6.45, 7) is 41.3. The van der Waals surface area contributed by atoms with Gasteiger partial charge in [0, 0.05) is 64.9 Å². The van der Waals surface area contributed by atoms with Gasteiger partial charge in [-0.1, -0.05) is 221 Å². The third-order valence-corrected chi connectivity index (χ3v) is 15.5. The maximum Gasteiger partial charge on any atom is 0.0559 e. The molecule has 0 saturated carbocycles. The fraction of sp³-hybridized carbons (Fsp3) is 0.364. The molecule has 0 unspecified atom stereocenters. The number of aromatic nitrogens is 2. The average molecular weight is 966 g/mol. The number of nitrogens with one attached hydrogen (secondary N) is 2. The Morgan fingerprint density at radius 1 is 0.300 bits per heavy atom. The molecule has 0 atom stereocenters. The van der Waals surface area contributed by atoms with Crippen LogP contribution in [0, 0.1) is 0 Å². The van der Waals surface area contributed by atoms with E-state index in [9.17, 15) is 0 Å². The van der Waals surface area contributed by atoms with Crippen molar-refractivity contribution < 1.29 is 0 Å². The molecule has 9 aromatic rings. The largest absolute Gasteiger partial charge is 0.354 e.